The molecule has 1 unspecified atom stereocenters. The van der Waals surface area contributed by atoms with Crippen LogP contribution in [0.1, 0.15) is 45.4 Å². The van der Waals surface area contributed by atoms with Crippen LogP contribution in [0.3, 0.4) is 0 Å². The lowest BCUT2D eigenvalue weighted by molar-refractivity contribution is -0.151. The summed E-state index contributed by atoms with van der Waals surface area (Å²) < 4.78 is 0. The van der Waals surface area contributed by atoms with Gasteiger partial charge in [0.2, 0.25) is 5.91 Å². The van der Waals surface area contributed by atoms with Gasteiger partial charge in [0.15, 0.2) is 0 Å². The van der Waals surface area contributed by atoms with Crippen LogP contribution >= 0.6 is 0 Å². The maximum atomic E-state index is 12.1. The van der Waals surface area contributed by atoms with E-state index in [2.05, 4.69) is 0 Å². The van der Waals surface area contributed by atoms with Crippen molar-refractivity contribution in [2.24, 2.45) is 5.92 Å². The summed E-state index contributed by atoms with van der Waals surface area (Å²) in [6.45, 7) is 1.80. The molecule has 1 saturated carbocycles. The summed E-state index contributed by atoms with van der Waals surface area (Å²) >= 11 is 0. The van der Waals surface area contributed by atoms with Crippen molar-refractivity contribution in [3.63, 3.8) is 0 Å². The Bertz CT molecular complexity index is 259. The molecular formula is C12H21NO3. The molecule has 1 atom stereocenters. The molecule has 0 spiro atoms. The summed E-state index contributed by atoms with van der Waals surface area (Å²) in [6, 6.07) is -0.672. The van der Waals surface area contributed by atoms with E-state index in [1.54, 1.807) is 14.0 Å². The summed E-state index contributed by atoms with van der Waals surface area (Å²) in [5.74, 6) is -0.852. The van der Waals surface area contributed by atoms with E-state index in [9.17, 15) is 9.59 Å². The number of rotatable bonds is 4. The number of amides is 1. The number of aliphatic carboxylic acids is 1. The Labute approximate surface area is 96.6 Å². The fourth-order valence-corrected chi connectivity index (χ4v) is 2.41. The van der Waals surface area contributed by atoms with Crippen LogP contribution in [0.25, 0.3) is 0 Å². The molecule has 0 aromatic heterocycles. The number of carboxylic acid groups (broad SMARTS) is 1. The first-order valence-corrected chi connectivity index (χ1v) is 6.07. The molecule has 0 aromatic rings. The molecule has 1 rings (SSSR count). The van der Waals surface area contributed by atoms with Crippen molar-refractivity contribution in [1.82, 2.24) is 4.90 Å². The van der Waals surface area contributed by atoms with Gasteiger partial charge < -0.3 is 10.0 Å². The van der Waals surface area contributed by atoms with E-state index in [0.717, 1.165) is 25.7 Å². The Morgan fingerprint density at radius 2 is 1.88 bits per heavy atom. The Hall–Kier alpha value is -1.06. The Balaban J connectivity index is 2.60. The molecule has 0 bridgehead atoms. The van der Waals surface area contributed by atoms with Gasteiger partial charge in [0.05, 0.1) is 0 Å². The number of nitrogens with zero attached hydrogens (tertiary/aromatic N) is 1. The number of hydrogen-bond donors (Lipinski definition) is 1. The summed E-state index contributed by atoms with van der Waals surface area (Å²) in [5.41, 5.74) is 0. The highest BCUT2D eigenvalue weighted by molar-refractivity contribution is 5.84. The number of carboxylic acids is 1. The van der Waals surface area contributed by atoms with Crippen LogP contribution in [0.4, 0.5) is 0 Å². The fraction of sp³-hybridized carbons (Fsp3) is 0.833. The highest BCUT2D eigenvalue weighted by atomic mass is 16.4. The lowest BCUT2D eigenvalue weighted by Gasteiger charge is -2.29. The van der Waals surface area contributed by atoms with Crippen LogP contribution in [0.15, 0.2) is 0 Å². The zero-order chi connectivity index (χ0) is 12.1. The van der Waals surface area contributed by atoms with E-state index in [1.807, 2.05) is 0 Å². The molecule has 0 aromatic carbocycles. The van der Waals surface area contributed by atoms with Gasteiger partial charge in [-0.15, -0.1) is 0 Å². The predicted octanol–water partition coefficient (Wildman–Crippen LogP) is 1.89. The van der Waals surface area contributed by atoms with Gasteiger partial charge in [0, 0.05) is 13.0 Å². The van der Waals surface area contributed by atoms with Crippen molar-refractivity contribution in [3.8, 4) is 0 Å². The molecule has 4 nitrogen and oxygen atoms in total. The molecule has 1 aliphatic carbocycles. The van der Waals surface area contributed by atoms with Gasteiger partial charge in [-0.25, -0.2) is 4.79 Å². The monoisotopic (exact) mass is 227 g/mol. The van der Waals surface area contributed by atoms with Crippen molar-refractivity contribution < 1.29 is 14.7 Å². The van der Waals surface area contributed by atoms with E-state index < -0.39 is 12.0 Å². The van der Waals surface area contributed by atoms with Crippen LogP contribution in [0.5, 0.6) is 0 Å². The van der Waals surface area contributed by atoms with Crippen LogP contribution in [0, 0.1) is 5.92 Å². The van der Waals surface area contributed by atoms with Gasteiger partial charge in [0.25, 0.3) is 0 Å². The van der Waals surface area contributed by atoms with E-state index in [1.165, 1.54) is 11.3 Å². The van der Waals surface area contributed by atoms with Gasteiger partial charge in [-0.2, -0.15) is 0 Å². The zero-order valence-electron chi connectivity index (χ0n) is 10.1. The standard InChI is InChI=1S/C12H21NO3/c1-3-10(12(15)16)13(2)11(14)9-7-5-4-6-8-9/h9-10H,3-8H2,1-2H3,(H,15,16). The SMILES string of the molecule is CCC(C(=O)O)N(C)C(=O)C1CCCCC1. The Kier molecular flexibility index (Phi) is 4.77. The van der Waals surface area contributed by atoms with Crippen LogP contribution in [-0.2, 0) is 9.59 Å². The molecule has 1 amide bonds. The van der Waals surface area contributed by atoms with Crippen LogP contribution < -0.4 is 0 Å². The molecule has 4 heteroatoms. The highest BCUT2D eigenvalue weighted by Crippen LogP contribution is 2.25. The average Bonchev–Trinajstić information content (AvgIpc) is 2.29. The average molecular weight is 227 g/mol. The second-order valence-corrected chi connectivity index (χ2v) is 4.55. The van der Waals surface area contributed by atoms with Gasteiger partial charge in [0.1, 0.15) is 6.04 Å². The molecule has 1 fully saturated rings. The largest absolute Gasteiger partial charge is 0.480 e. The quantitative estimate of drug-likeness (QED) is 0.797. The lowest BCUT2D eigenvalue weighted by atomic mass is 9.88. The number of carbonyl (C=O) groups excluding carboxylic acids is 1. The van der Waals surface area contributed by atoms with E-state index in [0.29, 0.717) is 6.42 Å². The summed E-state index contributed by atoms with van der Waals surface area (Å²) in [6.07, 6.45) is 5.68. The molecule has 0 radical (unpaired) electrons. The number of likely N-dealkylation sites (N-methyl/N-ethyl adjacent to an activating group) is 1. The van der Waals surface area contributed by atoms with Crippen LogP contribution in [0.2, 0.25) is 0 Å². The zero-order valence-corrected chi connectivity index (χ0v) is 10.1. The van der Waals surface area contributed by atoms with Gasteiger partial charge in [-0.05, 0) is 19.3 Å². The van der Waals surface area contributed by atoms with Crippen molar-refractivity contribution >= 4 is 11.9 Å². The minimum atomic E-state index is -0.908. The third-order valence-electron chi connectivity index (χ3n) is 3.44. The molecule has 0 saturated heterocycles. The molecule has 92 valence electrons. The van der Waals surface area contributed by atoms with E-state index in [-0.39, 0.29) is 11.8 Å². The van der Waals surface area contributed by atoms with Gasteiger partial charge in [-0.3, -0.25) is 4.79 Å². The molecule has 0 aliphatic heterocycles. The van der Waals surface area contributed by atoms with Gasteiger partial charge >= 0.3 is 5.97 Å². The minimum absolute atomic E-state index is 0.00829. The third-order valence-corrected chi connectivity index (χ3v) is 3.44. The Morgan fingerprint density at radius 3 is 2.31 bits per heavy atom. The second kappa shape index (κ2) is 5.87. The lowest BCUT2D eigenvalue weighted by Crippen LogP contribution is -2.45. The van der Waals surface area contributed by atoms with Crippen molar-refractivity contribution in [2.75, 3.05) is 7.05 Å². The smallest absolute Gasteiger partial charge is 0.326 e. The second-order valence-electron chi connectivity index (χ2n) is 4.55. The molecular weight excluding hydrogens is 206 g/mol. The first kappa shape index (κ1) is 13.0. The topological polar surface area (TPSA) is 57.6 Å². The van der Waals surface area contributed by atoms with E-state index >= 15 is 0 Å². The first-order chi connectivity index (χ1) is 7.57. The van der Waals surface area contributed by atoms with Crippen molar-refractivity contribution in [2.45, 2.75) is 51.5 Å². The normalized spacial score (nSPS) is 19.1. The summed E-state index contributed by atoms with van der Waals surface area (Å²) in [4.78, 5) is 24.4. The molecule has 1 N–H and O–H groups in total. The summed E-state index contributed by atoms with van der Waals surface area (Å²) in [7, 11) is 1.61. The van der Waals surface area contributed by atoms with Crippen LogP contribution in [-0.4, -0.2) is 35.0 Å². The van der Waals surface area contributed by atoms with Gasteiger partial charge in [-0.1, -0.05) is 26.2 Å². The maximum Gasteiger partial charge on any atom is 0.326 e. The molecule has 1 aliphatic rings. The third kappa shape index (κ3) is 2.97. The van der Waals surface area contributed by atoms with Crippen molar-refractivity contribution in [3.05, 3.63) is 0 Å². The first-order valence-electron chi connectivity index (χ1n) is 6.07. The minimum Gasteiger partial charge on any atom is -0.480 e. The molecule has 16 heavy (non-hydrogen) atoms. The highest BCUT2D eigenvalue weighted by Gasteiger charge is 2.30. The number of hydrogen-bond acceptors (Lipinski definition) is 2. The summed E-state index contributed by atoms with van der Waals surface area (Å²) in [5, 5.41) is 9.00. The number of carbonyl (C=O) groups is 2. The van der Waals surface area contributed by atoms with Crippen molar-refractivity contribution in [1.29, 1.82) is 0 Å². The Morgan fingerprint density at radius 1 is 1.31 bits per heavy atom. The molecule has 0 heterocycles. The fourth-order valence-electron chi connectivity index (χ4n) is 2.41. The van der Waals surface area contributed by atoms with E-state index in [4.69, 9.17) is 5.11 Å². The maximum absolute atomic E-state index is 12.1. The predicted molar refractivity (Wildman–Crippen MR) is 61.1 cm³/mol.